The lowest BCUT2D eigenvalue weighted by molar-refractivity contribution is -0.137. The van der Waals surface area contributed by atoms with E-state index in [0.29, 0.717) is 18.3 Å². The van der Waals surface area contributed by atoms with Crippen LogP contribution in [0.1, 0.15) is 71.1 Å². The van der Waals surface area contributed by atoms with Gasteiger partial charge < -0.3 is 15.3 Å². The minimum absolute atomic E-state index is 0.149. The summed E-state index contributed by atoms with van der Waals surface area (Å²) < 4.78 is 0. The van der Waals surface area contributed by atoms with Gasteiger partial charge in [-0.15, -0.1) is 0 Å². The smallest absolute Gasteiger partial charge is 0.303 e. The molecular formula is C21H34O4. The Morgan fingerprint density at radius 3 is 2.80 bits per heavy atom. The van der Waals surface area contributed by atoms with Crippen LogP contribution in [0.3, 0.4) is 0 Å². The quantitative estimate of drug-likeness (QED) is 0.410. The Labute approximate surface area is 151 Å². The molecule has 0 unspecified atom stereocenters. The van der Waals surface area contributed by atoms with Crippen molar-refractivity contribution in [2.24, 2.45) is 17.8 Å². The van der Waals surface area contributed by atoms with Crippen molar-refractivity contribution in [3.05, 3.63) is 23.8 Å². The molecule has 0 heterocycles. The highest BCUT2D eigenvalue weighted by Crippen LogP contribution is 2.50. The number of fused-ring (bicyclic) bond motifs is 1. The average molecular weight is 350 g/mol. The van der Waals surface area contributed by atoms with E-state index in [9.17, 15) is 15.0 Å². The lowest BCUT2D eigenvalue weighted by Crippen LogP contribution is -2.17. The molecule has 0 bridgehead atoms. The predicted molar refractivity (Wildman–Crippen MR) is 99.2 cm³/mol. The highest BCUT2D eigenvalue weighted by Gasteiger charge is 2.44. The van der Waals surface area contributed by atoms with Crippen molar-refractivity contribution in [1.29, 1.82) is 0 Å². The first kappa shape index (κ1) is 20.2. The normalized spacial score (nSPS) is 31.7. The van der Waals surface area contributed by atoms with Gasteiger partial charge in [0.1, 0.15) is 0 Å². The van der Waals surface area contributed by atoms with Gasteiger partial charge in [-0.2, -0.15) is 0 Å². The molecule has 142 valence electrons. The second-order valence-electron chi connectivity index (χ2n) is 7.81. The van der Waals surface area contributed by atoms with Gasteiger partial charge in [0.05, 0.1) is 12.2 Å². The van der Waals surface area contributed by atoms with Crippen LogP contribution < -0.4 is 0 Å². The molecule has 2 aliphatic rings. The molecule has 3 N–H and O–H groups in total. The molecule has 2 saturated carbocycles. The van der Waals surface area contributed by atoms with E-state index >= 15 is 0 Å². The maximum atomic E-state index is 10.6. The number of unbranched alkanes of at least 4 members (excludes halogenated alkanes) is 3. The fourth-order valence-electron chi connectivity index (χ4n) is 4.46. The summed E-state index contributed by atoms with van der Waals surface area (Å²) >= 11 is 0. The number of aliphatic carboxylic acids is 1. The van der Waals surface area contributed by atoms with E-state index in [2.05, 4.69) is 19.1 Å². The third-order valence-corrected chi connectivity index (χ3v) is 5.80. The van der Waals surface area contributed by atoms with Gasteiger partial charge >= 0.3 is 5.97 Å². The Balaban J connectivity index is 1.83. The number of carboxylic acid groups (broad SMARTS) is 1. The van der Waals surface area contributed by atoms with Crippen LogP contribution in [0.25, 0.3) is 0 Å². The Bertz CT molecular complexity index is 482. The van der Waals surface area contributed by atoms with Gasteiger partial charge in [0.2, 0.25) is 0 Å². The number of aliphatic hydroxyl groups excluding tert-OH is 2. The van der Waals surface area contributed by atoms with E-state index in [0.717, 1.165) is 51.4 Å². The van der Waals surface area contributed by atoms with Crippen molar-refractivity contribution < 1.29 is 20.1 Å². The molecule has 0 radical (unpaired) electrons. The van der Waals surface area contributed by atoms with Crippen molar-refractivity contribution in [2.45, 2.75) is 83.3 Å². The second kappa shape index (κ2) is 10.1. The summed E-state index contributed by atoms with van der Waals surface area (Å²) in [5, 5.41) is 29.1. The molecule has 4 heteroatoms. The molecule has 2 aliphatic carbocycles. The van der Waals surface area contributed by atoms with Crippen LogP contribution in [-0.4, -0.2) is 33.5 Å². The van der Waals surface area contributed by atoms with Crippen LogP contribution in [0, 0.1) is 17.8 Å². The van der Waals surface area contributed by atoms with E-state index in [1.807, 2.05) is 6.08 Å². The van der Waals surface area contributed by atoms with Gasteiger partial charge in [0.15, 0.2) is 0 Å². The summed E-state index contributed by atoms with van der Waals surface area (Å²) in [5.41, 5.74) is 1.43. The molecule has 2 rings (SSSR count). The second-order valence-corrected chi connectivity index (χ2v) is 7.81. The molecule has 0 aromatic heterocycles. The first-order valence-electron chi connectivity index (χ1n) is 9.95. The molecule has 0 spiro atoms. The van der Waals surface area contributed by atoms with E-state index in [4.69, 9.17) is 5.11 Å². The first-order chi connectivity index (χ1) is 12.0. The molecule has 4 nitrogen and oxygen atoms in total. The molecule has 0 amide bonds. The molecule has 2 fully saturated rings. The number of allylic oxidation sites excluding steroid dienone is 2. The lowest BCUT2D eigenvalue weighted by atomic mass is 9.90. The fraction of sp³-hybridized carbons (Fsp3) is 0.762. The SMILES string of the molecule is CCCCC[C@@H](O)/C=C/[C@H]1[C@@H]2C/C(=C/CCCC(=O)O)C[C@@H]2C[C@@H]1O. The standard InChI is InChI=1S/C21H34O4/c1-2-3-4-8-17(22)10-11-18-19-13-15(7-5-6-9-21(24)25)12-16(19)14-20(18)23/h7,10-11,16-20,22-23H,2-6,8-9,12-14H2,1H3,(H,24,25)/b11-10+,15-7+/t16-,17-,18+,19-,20+/m1/s1. The summed E-state index contributed by atoms with van der Waals surface area (Å²) in [6.07, 6.45) is 14.3. The maximum absolute atomic E-state index is 10.6. The molecule has 0 aromatic rings. The van der Waals surface area contributed by atoms with Crippen LogP contribution in [0.15, 0.2) is 23.8 Å². The summed E-state index contributed by atoms with van der Waals surface area (Å²) in [5.74, 6) is 0.427. The highest BCUT2D eigenvalue weighted by molar-refractivity contribution is 5.66. The van der Waals surface area contributed by atoms with Crippen molar-refractivity contribution >= 4 is 5.97 Å². The number of rotatable bonds is 10. The van der Waals surface area contributed by atoms with E-state index in [1.165, 1.54) is 5.57 Å². The van der Waals surface area contributed by atoms with Crippen LogP contribution in [0.5, 0.6) is 0 Å². The minimum atomic E-state index is -0.729. The van der Waals surface area contributed by atoms with Gasteiger partial charge in [0, 0.05) is 12.3 Å². The Kier molecular flexibility index (Phi) is 8.17. The van der Waals surface area contributed by atoms with Gasteiger partial charge in [-0.25, -0.2) is 0 Å². The van der Waals surface area contributed by atoms with Crippen molar-refractivity contribution in [2.75, 3.05) is 0 Å². The van der Waals surface area contributed by atoms with Crippen LogP contribution in [0.4, 0.5) is 0 Å². The van der Waals surface area contributed by atoms with Crippen molar-refractivity contribution in [1.82, 2.24) is 0 Å². The molecule has 0 saturated heterocycles. The van der Waals surface area contributed by atoms with Crippen molar-refractivity contribution in [3.8, 4) is 0 Å². The summed E-state index contributed by atoms with van der Waals surface area (Å²) in [7, 11) is 0. The average Bonchev–Trinajstić information content (AvgIpc) is 3.06. The molecular weight excluding hydrogens is 316 g/mol. The zero-order valence-corrected chi connectivity index (χ0v) is 15.4. The van der Waals surface area contributed by atoms with Crippen LogP contribution >= 0.6 is 0 Å². The lowest BCUT2D eigenvalue weighted by Gasteiger charge is -2.17. The van der Waals surface area contributed by atoms with E-state index in [1.54, 1.807) is 0 Å². The minimum Gasteiger partial charge on any atom is -0.481 e. The number of aliphatic hydroxyl groups is 2. The highest BCUT2D eigenvalue weighted by atomic mass is 16.4. The molecule has 0 aromatic carbocycles. The van der Waals surface area contributed by atoms with E-state index in [-0.39, 0.29) is 18.4 Å². The largest absolute Gasteiger partial charge is 0.481 e. The number of carboxylic acids is 1. The van der Waals surface area contributed by atoms with Crippen molar-refractivity contribution in [3.63, 3.8) is 0 Å². The summed E-state index contributed by atoms with van der Waals surface area (Å²) in [6.45, 7) is 2.16. The molecule has 0 aliphatic heterocycles. The van der Waals surface area contributed by atoms with Gasteiger partial charge in [-0.1, -0.05) is 50.0 Å². The summed E-state index contributed by atoms with van der Waals surface area (Å²) in [4.78, 5) is 10.6. The topological polar surface area (TPSA) is 77.8 Å². The molecule has 25 heavy (non-hydrogen) atoms. The number of hydrogen-bond donors (Lipinski definition) is 3. The Hall–Kier alpha value is -1.13. The monoisotopic (exact) mass is 350 g/mol. The van der Waals surface area contributed by atoms with Crippen LogP contribution in [0.2, 0.25) is 0 Å². The third-order valence-electron chi connectivity index (χ3n) is 5.80. The molecule has 5 atom stereocenters. The fourth-order valence-corrected chi connectivity index (χ4v) is 4.46. The number of hydrogen-bond acceptors (Lipinski definition) is 3. The predicted octanol–water partition coefficient (Wildman–Crippen LogP) is 4.07. The Morgan fingerprint density at radius 2 is 2.08 bits per heavy atom. The Morgan fingerprint density at radius 1 is 1.28 bits per heavy atom. The summed E-state index contributed by atoms with van der Waals surface area (Å²) in [6, 6.07) is 0. The maximum Gasteiger partial charge on any atom is 0.303 e. The number of carbonyl (C=O) groups is 1. The van der Waals surface area contributed by atoms with Gasteiger partial charge in [-0.05, 0) is 50.4 Å². The van der Waals surface area contributed by atoms with Crippen LogP contribution in [-0.2, 0) is 4.79 Å². The van der Waals surface area contributed by atoms with E-state index < -0.39 is 12.1 Å². The third kappa shape index (κ3) is 6.27. The zero-order valence-electron chi connectivity index (χ0n) is 15.4. The van der Waals surface area contributed by atoms with Gasteiger partial charge in [0.25, 0.3) is 0 Å². The zero-order chi connectivity index (χ0) is 18.2. The van der Waals surface area contributed by atoms with Gasteiger partial charge in [-0.3, -0.25) is 4.79 Å². The first-order valence-corrected chi connectivity index (χ1v) is 9.95.